The van der Waals surface area contributed by atoms with Crippen molar-refractivity contribution in [2.45, 2.75) is 44.6 Å². The molecular weight excluding hydrogens is 590 g/mol. The van der Waals surface area contributed by atoms with Gasteiger partial charge in [0.25, 0.3) is 17.7 Å². The van der Waals surface area contributed by atoms with E-state index in [1.807, 2.05) is 16.0 Å². The van der Waals surface area contributed by atoms with Gasteiger partial charge in [-0.2, -0.15) is 0 Å². The Morgan fingerprint density at radius 1 is 0.935 bits per heavy atom. The van der Waals surface area contributed by atoms with E-state index in [2.05, 4.69) is 15.6 Å². The number of nitrogens with one attached hydrogen (secondary N) is 2. The number of carbonyl (C=O) groups is 4. The van der Waals surface area contributed by atoms with Crippen molar-refractivity contribution in [3.8, 4) is 11.5 Å². The van der Waals surface area contributed by atoms with E-state index in [9.17, 15) is 19.2 Å². The fourth-order valence-electron chi connectivity index (χ4n) is 6.24. The molecule has 46 heavy (non-hydrogen) atoms. The van der Waals surface area contributed by atoms with Gasteiger partial charge in [-0.3, -0.25) is 24.2 Å². The highest BCUT2D eigenvalue weighted by Crippen LogP contribution is 2.38. The summed E-state index contributed by atoms with van der Waals surface area (Å²) < 4.78 is 14.8. The molecule has 1 atom stereocenters. The zero-order valence-corrected chi connectivity index (χ0v) is 26.4. The topological polar surface area (TPSA) is 139 Å². The predicted octanol–water partition coefficient (Wildman–Crippen LogP) is 4.47. The second-order valence-electron chi connectivity index (χ2n) is 11.9. The molecule has 13 nitrogen and oxygen atoms in total. The summed E-state index contributed by atoms with van der Waals surface area (Å²) in [5.41, 5.74) is 2.91. The monoisotopic (exact) mass is 633 g/mol. The Balaban J connectivity index is 0.00000260. The number of hydrogen-bond acceptors (Lipinski definition) is 7. The molecule has 0 radical (unpaired) electrons. The fourth-order valence-corrected chi connectivity index (χ4v) is 6.24. The highest BCUT2D eigenvalue weighted by Gasteiger charge is 2.32. The summed E-state index contributed by atoms with van der Waals surface area (Å²) in [6.07, 6.45) is 9.70. The summed E-state index contributed by atoms with van der Waals surface area (Å²) in [6.45, 7) is 2.46. The van der Waals surface area contributed by atoms with Crippen LogP contribution >= 0.6 is 0 Å². The van der Waals surface area contributed by atoms with Crippen LogP contribution < -0.4 is 20.1 Å². The van der Waals surface area contributed by atoms with Gasteiger partial charge in [0.15, 0.2) is 11.5 Å². The number of methoxy groups -OCH3 is 1. The van der Waals surface area contributed by atoms with Gasteiger partial charge in [-0.05, 0) is 50.3 Å². The average Bonchev–Trinajstić information content (AvgIpc) is 3.84. The van der Waals surface area contributed by atoms with Gasteiger partial charge in [0.2, 0.25) is 5.91 Å². The van der Waals surface area contributed by atoms with E-state index in [-0.39, 0.29) is 45.6 Å². The van der Waals surface area contributed by atoms with E-state index in [1.54, 1.807) is 59.9 Å². The Hall–Kier alpha value is -5.07. The summed E-state index contributed by atoms with van der Waals surface area (Å²) >= 11 is 0. The molecule has 0 bridgehead atoms. The number of ether oxygens (including phenoxy) is 2. The number of fused-ring (bicyclic) bond motifs is 2. The molecule has 13 heteroatoms. The second kappa shape index (κ2) is 13.1. The Bertz CT molecular complexity index is 1710. The molecule has 2 fully saturated rings. The highest BCUT2D eigenvalue weighted by molar-refractivity contribution is 6.06. The summed E-state index contributed by atoms with van der Waals surface area (Å²) in [5, 5.41) is 5.69. The number of nitrogens with zero attached hydrogens (tertiary/aromatic N) is 5. The zero-order valence-electron chi connectivity index (χ0n) is 26.4. The molecule has 1 aromatic carbocycles. The van der Waals surface area contributed by atoms with Crippen LogP contribution in [0.15, 0.2) is 41.7 Å². The first-order chi connectivity index (χ1) is 22.2. The summed E-state index contributed by atoms with van der Waals surface area (Å²) in [6, 6.07) is 6.69. The molecule has 0 aliphatic carbocycles. The van der Waals surface area contributed by atoms with Crippen molar-refractivity contribution in [3.63, 3.8) is 0 Å². The number of rotatable bonds is 10. The molecule has 0 spiro atoms. The van der Waals surface area contributed by atoms with Crippen LogP contribution in [-0.4, -0.2) is 88.2 Å². The Labute approximate surface area is 270 Å². The van der Waals surface area contributed by atoms with Gasteiger partial charge in [-0.25, -0.2) is 0 Å². The van der Waals surface area contributed by atoms with Gasteiger partial charge in [0.1, 0.15) is 11.4 Å². The van der Waals surface area contributed by atoms with Gasteiger partial charge in [-0.15, -0.1) is 0 Å². The van der Waals surface area contributed by atoms with Crippen LogP contribution in [0, 0.1) is 0 Å². The van der Waals surface area contributed by atoms with E-state index >= 15 is 0 Å². The van der Waals surface area contributed by atoms with Crippen molar-refractivity contribution in [2.75, 3.05) is 44.0 Å². The van der Waals surface area contributed by atoms with Gasteiger partial charge >= 0.3 is 0 Å². The molecule has 3 aromatic rings. The number of benzene rings is 1. The van der Waals surface area contributed by atoms with E-state index in [0.29, 0.717) is 58.5 Å². The quantitative estimate of drug-likeness (QED) is 0.316. The van der Waals surface area contributed by atoms with Crippen molar-refractivity contribution in [2.24, 2.45) is 19.1 Å². The van der Waals surface area contributed by atoms with Crippen LogP contribution in [0.25, 0.3) is 0 Å². The fraction of sp³-hybridized carbons (Fsp3) is 0.424. The van der Waals surface area contributed by atoms with Gasteiger partial charge in [-0.1, -0.05) is 0 Å². The third-order valence-corrected chi connectivity index (χ3v) is 8.66. The number of aryl methyl sites for hydroxylation is 2. The number of aliphatic imine (C=N–C) groups is 1. The Kier molecular flexibility index (Phi) is 8.82. The number of likely N-dealkylation sites (tertiary alicyclic amines) is 1. The van der Waals surface area contributed by atoms with Gasteiger partial charge in [0, 0.05) is 67.7 Å². The summed E-state index contributed by atoms with van der Waals surface area (Å²) in [7, 11) is 5.03. The summed E-state index contributed by atoms with van der Waals surface area (Å²) in [5.74, 6) is 0.208. The maximum atomic E-state index is 13.1. The normalized spacial score (nSPS) is 17.0. The molecule has 2 aromatic heterocycles. The molecule has 6 rings (SSSR count). The first-order valence-corrected chi connectivity index (χ1v) is 15.6. The Morgan fingerprint density at radius 2 is 1.65 bits per heavy atom. The van der Waals surface area contributed by atoms with Crippen LogP contribution in [0.3, 0.4) is 0 Å². The minimum atomic E-state index is -0.358. The Morgan fingerprint density at radius 3 is 2.41 bits per heavy atom. The maximum absolute atomic E-state index is 13.1. The first kappa shape index (κ1) is 30.9. The molecule has 4 amide bonds. The molecular formula is C33H43N7O6. The number of carbonyl (C=O) groups excluding carboxylic acids is 4. The van der Waals surface area contributed by atoms with Crippen LogP contribution in [0.2, 0.25) is 0 Å². The molecule has 3 aliphatic rings. The molecule has 2 N–H and O–H groups in total. The number of amides is 4. The average molecular weight is 634 g/mol. The molecule has 5 heterocycles. The van der Waals surface area contributed by atoms with Crippen LogP contribution in [-0.2, 0) is 18.9 Å². The van der Waals surface area contributed by atoms with Crippen molar-refractivity contribution in [3.05, 3.63) is 53.6 Å². The van der Waals surface area contributed by atoms with E-state index in [0.717, 1.165) is 38.8 Å². The molecule has 3 aliphatic heterocycles. The predicted molar refractivity (Wildman–Crippen MR) is 177 cm³/mol. The van der Waals surface area contributed by atoms with Gasteiger partial charge in [0.05, 0.1) is 42.4 Å². The number of hydrogen-bond donors (Lipinski definition) is 2. The lowest BCUT2D eigenvalue weighted by molar-refractivity contribution is -0.116. The molecule has 0 saturated carbocycles. The lowest BCUT2D eigenvalue weighted by atomic mass is 10.1. The lowest BCUT2D eigenvalue weighted by Gasteiger charge is -2.20. The largest absolute Gasteiger partial charge is 0.493 e. The molecule has 246 valence electrons. The smallest absolute Gasteiger partial charge is 0.272 e. The second-order valence-corrected chi connectivity index (χ2v) is 11.9. The van der Waals surface area contributed by atoms with E-state index in [1.165, 1.54) is 7.11 Å². The van der Waals surface area contributed by atoms with Crippen LogP contribution in [0.4, 0.5) is 17.1 Å². The SMILES string of the molecule is COc1cc2c(cc1OCCCC(=O)Nc1cc(C(=O)Nc3cc(C(=O)N4CCCC4)n(C)c3)n(C)c1)N=C[C@@H]1CCCN1C2=O.[HH].[HH]. The number of aromatic nitrogens is 2. The third kappa shape index (κ3) is 6.35. The minimum absolute atomic E-state index is 0. The maximum Gasteiger partial charge on any atom is 0.272 e. The highest BCUT2D eigenvalue weighted by atomic mass is 16.5. The summed E-state index contributed by atoms with van der Waals surface area (Å²) in [4.78, 5) is 59.9. The first-order valence-electron chi connectivity index (χ1n) is 15.6. The van der Waals surface area contributed by atoms with Crippen molar-refractivity contribution < 1.29 is 31.5 Å². The minimum Gasteiger partial charge on any atom is -0.493 e. The van der Waals surface area contributed by atoms with E-state index in [4.69, 9.17) is 9.47 Å². The lowest BCUT2D eigenvalue weighted by Crippen LogP contribution is -2.35. The van der Waals surface area contributed by atoms with E-state index < -0.39 is 0 Å². The third-order valence-electron chi connectivity index (χ3n) is 8.66. The van der Waals surface area contributed by atoms with Crippen LogP contribution in [0.1, 0.15) is 72.7 Å². The zero-order chi connectivity index (χ0) is 32.4. The van der Waals surface area contributed by atoms with Crippen molar-refractivity contribution >= 4 is 46.9 Å². The molecule has 0 unspecified atom stereocenters. The van der Waals surface area contributed by atoms with Crippen molar-refractivity contribution in [1.29, 1.82) is 0 Å². The standard InChI is InChI=1S/C33H39N7O6.2H2/c1-37-19-21(14-26(37)31(42)36-22-15-27(38(2)20-22)33(44)39-10-4-5-11-39)35-30(41)9-7-13-46-29-17-25-24(16-28(29)45-3)32(43)40-12-6-8-23(40)18-34-25;;/h14-20,23H,4-13H2,1-3H3,(H,35,41)(H,36,42);2*1H/t23-;;/m0../s1. The van der Waals surface area contributed by atoms with Crippen LogP contribution in [0.5, 0.6) is 11.5 Å². The van der Waals surface area contributed by atoms with Gasteiger partial charge < -0.3 is 39.0 Å². The molecule has 2 saturated heterocycles. The number of anilines is 2. The van der Waals surface area contributed by atoms with Crippen molar-refractivity contribution in [1.82, 2.24) is 18.9 Å².